The van der Waals surface area contributed by atoms with Crippen LogP contribution in [0.3, 0.4) is 0 Å². The first-order valence-electron chi connectivity index (χ1n) is 7.11. The molecule has 0 heterocycles. The molecule has 2 nitrogen and oxygen atoms in total. The molecule has 1 aromatic rings. The van der Waals surface area contributed by atoms with Crippen LogP contribution in [0.4, 0.5) is 0 Å². The standard InChI is InChI=1S/C17H26ClNO/c1-13(16(2,3)4)11-15(20)19-17(5,12-18)14-9-7-6-8-10-14/h6-10,13H,11-12H2,1-5H3,(H,19,20). The third-order valence-corrected chi connectivity index (χ3v) is 4.60. The molecule has 0 bridgehead atoms. The lowest BCUT2D eigenvalue weighted by Gasteiger charge is -2.32. The number of benzene rings is 1. The Hall–Kier alpha value is -1.02. The van der Waals surface area contributed by atoms with E-state index in [0.29, 0.717) is 18.2 Å². The largest absolute Gasteiger partial charge is 0.346 e. The van der Waals surface area contributed by atoms with Crippen LogP contribution in [0.25, 0.3) is 0 Å². The SMILES string of the molecule is CC(CC(=O)NC(C)(CCl)c1ccccc1)C(C)(C)C. The molecule has 2 atom stereocenters. The number of halogens is 1. The van der Waals surface area contributed by atoms with Gasteiger partial charge < -0.3 is 5.32 Å². The van der Waals surface area contributed by atoms with Gasteiger partial charge in [0.25, 0.3) is 0 Å². The zero-order chi connectivity index (χ0) is 15.4. The molecule has 20 heavy (non-hydrogen) atoms. The minimum atomic E-state index is -0.516. The van der Waals surface area contributed by atoms with Crippen LogP contribution in [-0.2, 0) is 10.3 Å². The van der Waals surface area contributed by atoms with Crippen molar-refractivity contribution in [2.45, 2.75) is 46.6 Å². The molecule has 0 saturated heterocycles. The Labute approximate surface area is 127 Å². The van der Waals surface area contributed by atoms with Crippen LogP contribution in [0.15, 0.2) is 30.3 Å². The predicted octanol–water partition coefficient (Wildman–Crippen LogP) is 4.33. The molecular weight excluding hydrogens is 270 g/mol. The Bertz CT molecular complexity index is 438. The van der Waals surface area contributed by atoms with Crippen molar-refractivity contribution < 1.29 is 4.79 Å². The van der Waals surface area contributed by atoms with Crippen LogP contribution >= 0.6 is 11.6 Å². The predicted molar refractivity (Wildman–Crippen MR) is 85.9 cm³/mol. The van der Waals surface area contributed by atoms with Crippen LogP contribution in [0, 0.1) is 11.3 Å². The van der Waals surface area contributed by atoms with Crippen molar-refractivity contribution in [3.05, 3.63) is 35.9 Å². The van der Waals surface area contributed by atoms with Crippen molar-refractivity contribution in [3.63, 3.8) is 0 Å². The highest BCUT2D eigenvalue weighted by molar-refractivity contribution is 6.18. The molecule has 0 aliphatic heterocycles. The lowest BCUT2D eigenvalue weighted by atomic mass is 9.80. The van der Waals surface area contributed by atoms with Crippen LogP contribution in [-0.4, -0.2) is 11.8 Å². The molecular formula is C17H26ClNO. The number of hydrogen-bond acceptors (Lipinski definition) is 1. The highest BCUT2D eigenvalue weighted by Gasteiger charge is 2.29. The second-order valence-electron chi connectivity index (χ2n) is 6.85. The molecule has 0 saturated carbocycles. The molecule has 0 fully saturated rings. The first kappa shape index (κ1) is 17.0. The van der Waals surface area contributed by atoms with Crippen LogP contribution < -0.4 is 5.32 Å². The summed E-state index contributed by atoms with van der Waals surface area (Å²) in [6.45, 7) is 10.5. The Morgan fingerprint density at radius 3 is 2.20 bits per heavy atom. The number of carbonyl (C=O) groups excluding carboxylic acids is 1. The highest BCUT2D eigenvalue weighted by Crippen LogP contribution is 2.29. The Morgan fingerprint density at radius 1 is 1.20 bits per heavy atom. The van der Waals surface area contributed by atoms with Gasteiger partial charge in [0, 0.05) is 12.3 Å². The Kier molecular flexibility index (Phi) is 5.64. The second kappa shape index (κ2) is 6.62. The summed E-state index contributed by atoms with van der Waals surface area (Å²) in [5.74, 6) is 0.726. The van der Waals surface area contributed by atoms with E-state index in [1.807, 2.05) is 37.3 Å². The molecule has 1 rings (SSSR count). The van der Waals surface area contributed by atoms with Crippen molar-refractivity contribution in [1.82, 2.24) is 5.32 Å². The monoisotopic (exact) mass is 295 g/mol. The van der Waals surface area contributed by atoms with Crippen molar-refractivity contribution >= 4 is 17.5 Å². The van der Waals surface area contributed by atoms with Gasteiger partial charge in [-0.05, 0) is 23.8 Å². The highest BCUT2D eigenvalue weighted by atomic mass is 35.5. The van der Waals surface area contributed by atoms with Gasteiger partial charge in [0.1, 0.15) is 0 Å². The van der Waals surface area contributed by atoms with Crippen molar-refractivity contribution in [2.24, 2.45) is 11.3 Å². The maximum absolute atomic E-state index is 12.3. The molecule has 0 radical (unpaired) electrons. The van der Waals surface area contributed by atoms with Gasteiger partial charge in [0.05, 0.1) is 5.54 Å². The van der Waals surface area contributed by atoms with E-state index in [1.165, 1.54) is 0 Å². The van der Waals surface area contributed by atoms with Gasteiger partial charge in [0.15, 0.2) is 0 Å². The average Bonchev–Trinajstić information content (AvgIpc) is 2.38. The molecule has 3 heteroatoms. The summed E-state index contributed by atoms with van der Waals surface area (Å²) in [4.78, 5) is 12.3. The van der Waals surface area contributed by atoms with E-state index < -0.39 is 5.54 Å². The summed E-state index contributed by atoms with van der Waals surface area (Å²) < 4.78 is 0. The van der Waals surface area contributed by atoms with Gasteiger partial charge in [-0.3, -0.25) is 4.79 Å². The zero-order valence-corrected chi connectivity index (χ0v) is 13.9. The van der Waals surface area contributed by atoms with E-state index in [1.54, 1.807) is 0 Å². The van der Waals surface area contributed by atoms with Gasteiger partial charge in [-0.15, -0.1) is 11.6 Å². The zero-order valence-electron chi connectivity index (χ0n) is 13.2. The molecule has 112 valence electrons. The van der Waals surface area contributed by atoms with Crippen LogP contribution in [0.1, 0.15) is 46.6 Å². The molecule has 0 aliphatic carbocycles. The van der Waals surface area contributed by atoms with Gasteiger partial charge in [-0.2, -0.15) is 0 Å². The van der Waals surface area contributed by atoms with Crippen molar-refractivity contribution in [1.29, 1.82) is 0 Å². The summed E-state index contributed by atoms with van der Waals surface area (Å²) >= 11 is 6.10. The topological polar surface area (TPSA) is 29.1 Å². The molecule has 1 amide bonds. The summed E-state index contributed by atoms with van der Waals surface area (Å²) in [6.07, 6.45) is 0.517. The average molecular weight is 296 g/mol. The summed E-state index contributed by atoms with van der Waals surface area (Å²) in [7, 11) is 0. The quantitative estimate of drug-likeness (QED) is 0.805. The van der Waals surface area contributed by atoms with E-state index in [4.69, 9.17) is 11.6 Å². The second-order valence-corrected chi connectivity index (χ2v) is 7.12. The maximum atomic E-state index is 12.3. The fourth-order valence-electron chi connectivity index (χ4n) is 1.93. The lowest BCUT2D eigenvalue weighted by molar-refractivity contribution is -0.124. The van der Waals surface area contributed by atoms with Gasteiger partial charge in [-0.25, -0.2) is 0 Å². The molecule has 1 N–H and O–H groups in total. The number of rotatable bonds is 5. The van der Waals surface area contributed by atoms with E-state index in [9.17, 15) is 4.79 Å². The first-order chi connectivity index (χ1) is 9.19. The maximum Gasteiger partial charge on any atom is 0.221 e. The summed E-state index contributed by atoms with van der Waals surface area (Å²) in [6, 6.07) is 9.88. The van der Waals surface area contributed by atoms with E-state index in [-0.39, 0.29) is 11.3 Å². The first-order valence-corrected chi connectivity index (χ1v) is 7.65. The smallest absolute Gasteiger partial charge is 0.221 e. The fourth-order valence-corrected chi connectivity index (χ4v) is 2.15. The minimum absolute atomic E-state index is 0.0550. The molecule has 0 aromatic heterocycles. The van der Waals surface area contributed by atoms with E-state index in [2.05, 4.69) is 33.0 Å². The molecule has 2 unspecified atom stereocenters. The molecule has 0 spiro atoms. The Balaban J connectivity index is 2.77. The number of hydrogen-bond donors (Lipinski definition) is 1. The summed E-state index contributed by atoms with van der Waals surface area (Å²) in [5, 5.41) is 3.09. The van der Waals surface area contributed by atoms with Gasteiger partial charge in [0.2, 0.25) is 5.91 Å². The normalized spacial score (nSPS) is 16.3. The summed E-state index contributed by atoms with van der Waals surface area (Å²) in [5.41, 5.74) is 0.644. The number of nitrogens with one attached hydrogen (secondary N) is 1. The Morgan fingerprint density at radius 2 is 1.75 bits per heavy atom. The third kappa shape index (κ3) is 4.52. The van der Waals surface area contributed by atoms with Crippen LogP contribution in [0.2, 0.25) is 0 Å². The number of carbonyl (C=O) groups is 1. The van der Waals surface area contributed by atoms with Crippen LogP contribution in [0.5, 0.6) is 0 Å². The number of alkyl halides is 1. The van der Waals surface area contributed by atoms with Crippen molar-refractivity contribution in [3.8, 4) is 0 Å². The van der Waals surface area contributed by atoms with Gasteiger partial charge >= 0.3 is 0 Å². The minimum Gasteiger partial charge on any atom is -0.346 e. The lowest BCUT2D eigenvalue weighted by Crippen LogP contribution is -2.45. The van der Waals surface area contributed by atoms with E-state index in [0.717, 1.165) is 5.56 Å². The van der Waals surface area contributed by atoms with Gasteiger partial charge in [-0.1, -0.05) is 58.0 Å². The molecule has 1 aromatic carbocycles. The third-order valence-electron chi connectivity index (χ3n) is 4.06. The fraction of sp³-hybridized carbons (Fsp3) is 0.588. The van der Waals surface area contributed by atoms with E-state index >= 15 is 0 Å². The number of amides is 1. The molecule has 0 aliphatic rings. The van der Waals surface area contributed by atoms with Crippen molar-refractivity contribution in [2.75, 3.05) is 5.88 Å².